The molecule has 0 saturated carbocycles. The van der Waals surface area contributed by atoms with Gasteiger partial charge >= 0.3 is 0 Å². The first-order valence-electron chi connectivity index (χ1n) is 9.70. The second-order valence-electron chi connectivity index (χ2n) is 6.65. The Morgan fingerprint density at radius 2 is 1.71 bits per heavy atom. The largest absolute Gasteiger partial charge is 0.493 e. The highest BCUT2D eigenvalue weighted by atomic mass is 32.2. The third kappa shape index (κ3) is 7.65. The predicted molar refractivity (Wildman–Crippen MR) is 123 cm³/mol. The zero-order chi connectivity index (χ0) is 22.9. The average Bonchev–Trinajstić information content (AvgIpc) is 2.71. The summed E-state index contributed by atoms with van der Waals surface area (Å²) >= 11 is 5.18. The van der Waals surface area contributed by atoms with E-state index in [4.69, 9.17) is 17.0 Å². The number of sulfonamides is 1. The van der Waals surface area contributed by atoms with E-state index >= 15 is 0 Å². The molecule has 2 amide bonds. The lowest BCUT2D eigenvalue weighted by Crippen LogP contribution is -2.34. The van der Waals surface area contributed by atoms with Crippen LogP contribution >= 0.6 is 12.2 Å². The number of thiocarbonyl (C=S) groups is 1. The Kier molecular flexibility index (Phi) is 8.95. The summed E-state index contributed by atoms with van der Waals surface area (Å²) in [6, 6.07) is 12.5. The van der Waals surface area contributed by atoms with E-state index in [0.29, 0.717) is 23.6 Å². The molecule has 10 heteroatoms. The molecule has 8 nitrogen and oxygen atoms in total. The normalized spacial score (nSPS) is 10.8. The fraction of sp³-hybridized carbons (Fsp3) is 0.286. The van der Waals surface area contributed by atoms with Crippen LogP contribution in [0.2, 0.25) is 0 Å². The van der Waals surface area contributed by atoms with Crippen LogP contribution in [0.25, 0.3) is 0 Å². The van der Waals surface area contributed by atoms with Crippen LogP contribution in [0.3, 0.4) is 0 Å². The molecule has 2 aromatic rings. The standard InChI is InChI=1S/C21H25N3O5S2/c1-3-4-7-14-29-19-9-6-5-8-18(19)20(26)23-21(30)22-16-10-12-17(13-11-16)31(27,28)24-15(2)25/h5-6,8-13H,3-4,7,14H2,1-2H3,(H,24,25)(H2,22,23,26,30). The Morgan fingerprint density at radius 3 is 2.35 bits per heavy atom. The van der Waals surface area contributed by atoms with E-state index in [0.717, 1.165) is 26.2 Å². The van der Waals surface area contributed by atoms with Crippen molar-refractivity contribution in [3.63, 3.8) is 0 Å². The van der Waals surface area contributed by atoms with Crippen molar-refractivity contribution in [3.05, 3.63) is 54.1 Å². The molecule has 0 aromatic heterocycles. The summed E-state index contributed by atoms with van der Waals surface area (Å²) in [5.41, 5.74) is 0.830. The lowest BCUT2D eigenvalue weighted by atomic mass is 10.2. The Balaban J connectivity index is 1.99. The van der Waals surface area contributed by atoms with Crippen LogP contribution in [0.5, 0.6) is 5.75 Å². The molecule has 31 heavy (non-hydrogen) atoms. The number of benzene rings is 2. The van der Waals surface area contributed by atoms with E-state index in [9.17, 15) is 18.0 Å². The van der Waals surface area contributed by atoms with Gasteiger partial charge in [-0.15, -0.1) is 0 Å². The van der Waals surface area contributed by atoms with Gasteiger partial charge in [-0.1, -0.05) is 31.9 Å². The van der Waals surface area contributed by atoms with Crippen LogP contribution in [-0.2, 0) is 14.8 Å². The van der Waals surface area contributed by atoms with E-state index in [1.807, 2.05) is 4.72 Å². The monoisotopic (exact) mass is 463 g/mol. The Morgan fingerprint density at radius 1 is 1.03 bits per heavy atom. The first-order valence-corrected chi connectivity index (χ1v) is 11.6. The molecule has 3 N–H and O–H groups in total. The maximum Gasteiger partial charge on any atom is 0.264 e. The van der Waals surface area contributed by atoms with Gasteiger partial charge in [0.1, 0.15) is 5.75 Å². The topological polar surface area (TPSA) is 114 Å². The van der Waals surface area contributed by atoms with Crippen molar-refractivity contribution in [1.82, 2.24) is 10.0 Å². The minimum Gasteiger partial charge on any atom is -0.493 e. The maximum atomic E-state index is 12.6. The molecule has 0 aliphatic carbocycles. The molecule has 0 aliphatic heterocycles. The summed E-state index contributed by atoms with van der Waals surface area (Å²) in [6.45, 7) is 3.74. The molecule has 0 atom stereocenters. The van der Waals surface area contributed by atoms with Crippen molar-refractivity contribution in [2.24, 2.45) is 0 Å². The molecule has 0 unspecified atom stereocenters. The number of nitrogens with one attached hydrogen (secondary N) is 3. The fourth-order valence-electron chi connectivity index (χ4n) is 2.61. The van der Waals surface area contributed by atoms with Gasteiger partial charge in [0.05, 0.1) is 17.1 Å². The summed E-state index contributed by atoms with van der Waals surface area (Å²) in [5, 5.41) is 5.45. The van der Waals surface area contributed by atoms with Crippen molar-refractivity contribution in [3.8, 4) is 5.75 Å². The minimum absolute atomic E-state index is 0.0447. The SMILES string of the molecule is CCCCCOc1ccccc1C(=O)NC(=S)Nc1ccc(S(=O)(=O)NC(C)=O)cc1. The molecule has 2 rings (SSSR count). The van der Waals surface area contributed by atoms with E-state index in [1.54, 1.807) is 24.3 Å². The van der Waals surface area contributed by atoms with Gasteiger partial charge in [-0.05, 0) is 55.0 Å². The molecule has 0 saturated heterocycles. The summed E-state index contributed by atoms with van der Waals surface area (Å²) in [4.78, 5) is 23.5. The summed E-state index contributed by atoms with van der Waals surface area (Å²) in [6.07, 6.45) is 3.03. The summed E-state index contributed by atoms with van der Waals surface area (Å²) in [7, 11) is -3.92. The van der Waals surface area contributed by atoms with Gasteiger partial charge in [-0.2, -0.15) is 0 Å². The number of rotatable bonds is 9. The molecule has 2 aromatic carbocycles. The number of para-hydroxylation sites is 1. The fourth-order valence-corrected chi connectivity index (χ4v) is 3.81. The second-order valence-corrected chi connectivity index (χ2v) is 8.74. The highest BCUT2D eigenvalue weighted by molar-refractivity contribution is 7.90. The Bertz CT molecular complexity index is 1040. The van der Waals surface area contributed by atoms with Gasteiger partial charge in [-0.25, -0.2) is 13.1 Å². The summed E-state index contributed by atoms with van der Waals surface area (Å²) in [5.74, 6) is -0.624. The van der Waals surface area contributed by atoms with E-state index in [2.05, 4.69) is 17.6 Å². The Hall–Kier alpha value is -2.98. The zero-order valence-electron chi connectivity index (χ0n) is 17.3. The van der Waals surface area contributed by atoms with E-state index < -0.39 is 21.8 Å². The van der Waals surface area contributed by atoms with Crippen LogP contribution in [0.4, 0.5) is 5.69 Å². The van der Waals surface area contributed by atoms with Crippen LogP contribution in [0, 0.1) is 0 Å². The van der Waals surface area contributed by atoms with Gasteiger partial charge in [0.2, 0.25) is 5.91 Å². The lowest BCUT2D eigenvalue weighted by molar-refractivity contribution is -0.117. The van der Waals surface area contributed by atoms with Crippen molar-refractivity contribution in [1.29, 1.82) is 0 Å². The first-order chi connectivity index (χ1) is 14.7. The number of hydrogen-bond acceptors (Lipinski definition) is 6. The van der Waals surface area contributed by atoms with Gasteiger partial charge in [0.25, 0.3) is 15.9 Å². The molecule has 0 heterocycles. The highest BCUT2D eigenvalue weighted by Crippen LogP contribution is 2.19. The van der Waals surface area contributed by atoms with Gasteiger partial charge < -0.3 is 10.1 Å². The number of amides is 2. The smallest absolute Gasteiger partial charge is 0.264 e. The molecule has 0 aliphatic rings. The van der Waals surface area contributed by atoms with Crippen molar-refractivity contribution < 1.29 is 22.7 Å². The Labute approximate surface area is 187 Å². The van der Waals surface area contributed by atoms with Crippen LogP contribution in [0.15, 0.2) is 53.4 Å². The quantitative estimate of drug-likeness (QED) is 0.386. The van der Waals surface area contributed by atoms with Gasteiger partial charge in [-0.3, -0.25) is 14.9 Å². The van der Waals surface area contributed by atoms with Crippen molar-refractivity contribution in [2.75, 3.05) is 11.9 Å². The van der Waals surface area contributed by atoms with Crippen LogP contribution in [0.1, 0.15) is 43.5 Å². The molecule has 0 spiro atoms. The number of unbranched alkanes of at least 4 members (excludes halogenated alkanes) is 2. The van der Waals surface area contributed by atoms with E-state index in [-0.39, 0.29) is 10.0 Å². The van der Waals surface area contributed by atoms with Crippen molar-refractivity contribution >= 4 is 44.9 Å². The van der Waals surface area contributed by atoms with Crippen LogP contribution in [-0.4, -0.2) is 32.0 Å². The third-order valence-electron chi connectivity index (χ3n) is 4.06. The number of anilines is 1. The van der Waals surface area contributed by atoms with Gasteiger partial charge in [0, 0.05) is 12.6 Å². The molecular formula is C21H25N3O5S2. The number of ether oxygens (including phenoxy) is 1. The maximum absolute atomic E-state index is 12.6. The number of hydrogen-bond donors (Lipinski definition) is 3. The van der Waals surface area contributed by atoms with Crippen LogP contribution < -0.4 is 20.1 Å². The second kappa shape index (κ2) is 11.4. The van der Waals surface area contributed by atoms with Crippen molar-refractivity contribution in [2.45, 2.75) is 38.0 Å². The average molecular weight is 464 g/mol. The lowest BCUT2D eigenvalue weighted by Gasteiger charge is -2.13. The first kappa shape index (κ1) is 24.3. The molecule has 166 valence electrons. The molecule has 0 bridgehead atoms. The molecule has 0 radical (unpaired) electrons. The number of carbonyl (C=O) groups is 2. The zero-order valence-corrected chi connectivity index (χ0v) is 18.9. The van der Waals surface area contributed by atoms with E-state index in [1.165, 1.54) is 24.3 Å². The third-order valence-corrected chi connectivity index (χ3v) is 5.72. The highest BCUT2D eigenvalue weighted by Gasteiger charge is 2.16. The van der Waals surface area contributed by atoms with Gasteiger partial charge in [0.15, 0.2) is 5.11 Å². The summed E-state index contributed by atoms with van der Waals surface area (Å²) < 4.78 is 31.6. The molecular weight excluding hydrogens is 438 g/mol. The predicted octanol–water partition coefficient (Wildman–Crippen LogP) is 3.21. The number of carbonyl (C=O) groups excluding carboxylic acids is 2. The molecule has 0 fully saturated rings. The minimum atomic E-state index is -3.92.